The van der Waals surface area contributed by atoms with E-state index in [1.54, 1.807) is 6.92 Å². The molecule has 144 valence electrons. The molecule has 2 unspecified atom stereocenters. The van der Waals surface area contributed by atoms with Crippen molar-refractivity contribution in [1.29, 1.82) is 0 Å². The van der Waals surface area contributed by atoms with E-state index in [9.17, 15) is 9.90 Å². The molecule has 0 radical (unpaired) electrons. The summed E-state index contributed by atoms with van der Waals surface area (Å²) in [7, 11) is 1.87. The lowest BCUT2D eigenvalue weighted by Crippen LogP contribution is -2.37. The Labute approximate surface area is 170 Å². The van der Waals surface area contributed by atoms with Gasteiger partial charge in [0.2, 0.25) is 0 Å². The third kappa shape index (κ3) is 4.16. The number of halogens is 2. The molecule has 1 N–H and O–H groups in total. The van der Waals surface area contributed by atoms with Crippen LogP contribution in [0.1, 0.15) is 42.9 Å². The Kier molecular flexibility index (Phi) is 6.15. The van der Waals surface area contributed by atoms with Crippen molar-refractivity contribution in [2.75, 3.05) is 13.6 Å². The van der Waals surface area contributed by atoms with E-state index < -0.39 is 12.0 Å². The van der Waals surface area contributed by atoms with Crippen LogP contribution in [0, 0.1) is 0 Å². The van der Waals surface area contributed by atoms with Gasteiger partial charge >= 0.3 is 5.97 Å². The van der Waals surface area contributed by atoms with Crippen LogP contribution in [-0.4, -0.2) is 35.6 Å². The van der Waals surface area contributed by atoms with Crippen LogP contribution in [0.25, 0.3) is 0 Å². The zero-order chi connectivity index (χ0) is 19.6. The van der Waals surface area contributed by atoms with Gasteiger partial charge < -0.3 is 5.11 Å². The number of benzene rings is 2. The first kappa shape index (κ1) is 20.2. The topological polar surface area (TPSA) is 40.5 Å². The molecule has 27 heavy (non-hydrogen) atoms. The summed E-state index contributed by atoms with van der Waals surface area (Å²) >= 11 is 12.3. The summed E-state index contributed by atoms with van der Waals surface area (Å²) in [5.74, 6) is -0.786. The lowest BCUT2D eigenvalue weighted by molar-refractivity contribution is -0.142. The molecule has 0 aliphatic heterocycles. The van der Waals surface area contributed by atoms with Gasteiger partial charge in [0, 0.05) is 15.5 Å². The van der Waals surface area contributed by atoms with Gasteiger partial charge in [-0.15, -0.1) is 0 Å². The minimum absolute atomic E-state index is 0.0716. The van der Waals surface area contributed by atoms with E-state index in [1.807, 2.05) is 30.1 Å². The lowest BCUT2D eigenvalue weighted by atomic mass is 9.72. The fraction of sp³-hybridized carbons (Fsp3) is 0.409. The number of hydrogen-bond donors (Lipinski definition) is 1. The highest BCUT2D eigenvalue weighted by molar-refractivity contribution is 6.30. The molecular formula is C22H25Cl2NO2. The van der Waals surface area contributed by atoms with Crippen LogP contribution in [0.3, 0.4) is 0 Å². The van der Waals surface area contributed by atoms with Gasteiger partial charge in [0.05, 0.1) is 0 Å². The average molecular weight is 406 g/mol. The molecule has 2 aromatic carbocycles. The van der Waals surface area contributed by atoms with Crippen molar-refractivity contribution in [3.8, 4) is 0 Å². The van der Waals surface area contributed by atoms with E-state index in [4.69, 9.17) is 23.2 Å². The fourth-order valence-corrected chi connectivity index (χ4v) is 4.52. The second-order valence-corrected chi connectivity index (χ2v) is 8.36. The zero-order valence-corrected chi connectivity index (χ0v) is 17.2. The first-order valence-corrected chi connectivity index (χ1v) is 10.1. The van der Waals surface area contributed by atoms with Gasteiger partial charge in [-0.2, -0.15) is 0 Å². The van der Waals surface area contributed by atoms with E-state index in [0.717, 1.165) is 42.3 Å². The minimum Gasteiger partial charge on any atom is -0.480 e. The summed E-state index contributed by atoms with van der Waals surface area (Å²) < 4.78 is 0. The quantitative estimate of drug-likeness (QED) is 0.668. The molecule has 2 aromatic rings. The molecule has 0 saturated heterocycles. The summed E-state index contributed by atoms with van der Waals surface area (Å²) in [5.41, 5.74) is 3.84. The predicted molar refractivity (Wildman–Crippen MR) is 111 cm³/mol. The zero-order valence-electron chi connectivity index (χ0n) is 15.7. The maximum Gasteiger partial charge on any atom is 0.320 e. The van der Waals surface area contributed by atoms with Crippen molar-refractivity contribution in [3.63, 3.8) is 0 Å². The van der Waals surface area contributed by atoms with Crippen LogP contribution in [0.5, 0.6) is 0 Å². The maximum absolute atomic E-state index is 11.2. The lowest BCUT2D eigenvalue weighted by Gasteiger charge is -2.33. The van der Waals surface area contributed by atoms with Gasteiger partial charge in [0.15, 0.2) is 0 Å². The molecule has 0 heterocycles. The van der Waals surface area contributed by atoms with Gasteiger partial charge in [-0.25, -0.2) is 0 Å². The smallest absolute Gasteiger partial charge is 0.320 e. The Morgan fingerprint density at radius 1 is 1.19 bits per heavy atom. The minimum atomic E-state index is -0.786. The Hall–Kier alpha value is -1.55. The number of aliphatic carboxylic acids is 1. The molecule has 0 saturated carbocycles. The molecule has 0 bridgehead atoms. The van der Waals surface area contributed by atoms with Gasteiger partial charge in [0.25, 0.3) is 0 Å². The standard InChI is InChI=1S/C22H25Cl2NO2/c1-15(21(26)27)25(2)13-3-11-22(17-4-6-18(23)7-5-17)12-10-16-14-19(24)8-9-20(16)22/h4-9,14-15H,3,10-13H2,1-2H3,(H,26,27). The number of nitrogens with zero attached hydrogens (tertiary/aromatic N) is 1. The first-order chi connectivity index (χ1) is 12.8. The van der Waals surface area contributed by atoms with Crippen LogP contribution in [0.4, 0.5) is 0 Å². The molecule has 2 atom stereocenters. The number of aryl methyl sites for hydroxylation is 1. The normalized spacial score (nSPS) is 19.9. The highest BCUT2D eigenvalue weighted by Crippen LogP contribution is 2.48. The third-order valence-corrected chi connectivity index (χ3v) is 6.42. The molecule has 0 aromatic heterocycles. The molecule has 0 spiro atoms. The number of likely N-dealkylation sites (N-methyl/N-ethyl adjacent to an activating group) is 1. The SMILES string of the molecule is CC(C(=O)O)N(C)CCCC1(c2ccc(Cl)cc2)CCc2cc(Cl)ccc21. The highest BCUT2D eigenvalue weighted by Gasteiger charge is 2.39. The number of carbonyl (C=O) groups is 1. The predicted octanol–water partition coefficient (Wildman–Crippen LogP) is 5.41. The molecule has 1 aliphatic carbocycles. The number of carboxylic acids is 1. The second kappa shape index (κ2) is 8.22. The summed E-state index contributed by atoms with van der Waals surface area (Å²) in [6, 6.07) is 13.9. The monoisotopic (exact) mass is 405 g/mol. The molecule has 5 heteroatoms. The van der Waals surface area contributed by atoms with Crippen LogP contribution in [0.15, 0.2) is 42.5 Å². The molecule has 0 fully saturated rings. The van der Waals surface area contributed by atoms with E-state index in [1.165, 1.54) is 16.7 Å². The molecule has 3 nitrogen and oxygen atoms in total. The van der Waals surface area contributed by atoms with Crippen molar-refractivity contribution >= 4 is 29.2 Å². The van der Waals surface area contributed by atoms with Gasteiger partial charge in [-0.1, -0.05) is 41.4 Å². The van der Waals surface area contributed by atoms with Crippen molar-refractivity contribution < 1.29 is 9.90 Å². The van der Waals surface area contributed by atoms with Crippen LogP contribution in [-0.2, 0) is 16.6 Å². The average Bonchev–Trinajstić information content (AvgIpc) is 3.00. The van der Waals surface area contributed by atoms with Gasteiger partial charge in [-0.3, -0.25) is 9.69 Å². The fourth-order valence-electron chi connectivity index (χ4n) is 4.20. The number of hydrogen-bond acceptors (Lipinski definition) is 2. The van der Waals surface area contributed by atoms with E-state index >= 15 is 0 Å². The van der Waals surface area contributed by atoms with Crippen LogP contribution in [0.2, 0.25) is 10.0 Å². The van der Waals surface area contributed by atoms with Crippen molar-refractivity contribution in [1.82, 2.24) is 4.90 Å². The third-order valence-electron chi connectivity index (χ3n) is 5.93. The van der Waals surface area contributed by atoms with Gasteiger partial charge in [0.1, 0.15) is 6.04 Å². The number of fused-ring (bicyclic) bond motifs is 1. The summed E-state index contributed by atoms with van der Waals surface area (Å²) in [5, 5.41) is 10.7. The molecule has 1 aliphatic rings. The number of carboxylic acid groups (broad SMARTS) is 1. The molecule has 0 amide bonds. The van der Waals surface area contributed by atoms with E-state index in [-0.39, 0.29) is 5.41 Å². The summed E-state index contributed by atoms with van der Waals surface area (Å²) in [4.78, 5) is 13.1. The Morgan fingerprint density at radius 2 is 1.85 bits per heavy atom. The van der Waals surface area contributed by atoms with E-state index in [2.05, 4.69) is 24.3 Å². The molecular weight excluding hydrogens is 381 g/mol. The largest absolute Gasteiger partial charge is 0.480 e. The van der Waals surface area contributed by atoms with Gasteiger partial charge in [-0.05, 0) is 87.2 Å². The second-order valence-electron chi connectivity index (χ2n) is 7.49. The Balaban J connectivity index is 1.87. The summed E-state index contributed by atoms with van der Waals surface area (Å²) in [6.07, 6.45) is 3.90. The van der Waals surface area contributed by atoms with Crippen molar-refractivity contribution in [2.24, 2.45) is 0 Å². The number of rotatable bonds is 7. The van der Waals surface area contributed by atoms with Crippen molar-refractivity contribution in [3.05, 3.63) is 69.2 Å². The first-order valence-electron chi connectivity index (χ1n) is 9.31. The summed E-state index contributed by atoms with van der Waals surface area (Å²) in [6.45, 7) is 2.47. The van der Waals surface area contributed by atoms with Crippen LogP contribution < -0.4 is 0 Å². The Morgan fingerprint density at radius 3 is 2.52 bits per heavy atom. The highest BCUT2D eigenvalue weighted by atomic mass is 35.5. The Bertz CT molecular complexity index is 822. The molecule has 3 rings (SSSR count). The van der Waals surface area contributed by atoms with Crippen LogP contribution >= 0.6 is 23.2 Å². The van der Waals surface area contributed by atoms with E-state index in [0.29, 0.717) is 0 Å². The van der Waals surface area contributed by atoms with Crippen molar-refractivity contribution in [2.45, 2.75) is 44.1 Å². The maximum atomic E-state index is 11.2.